The zero-order valence-electron chi connectivity index (χ0n) is 17.4. The van der Waals surface area contributed by atoms with Crippen molar-refractivity contribution in [2.75, 3.05) is 31.1 Å². The summed E-state index contributed by atoms with van der Waals surface area (Å²) in [6.07, 6.45) is 0. The quantitative estimate of drug-likeness (QED) is 0.481. The van der Waals surface area contributed by atoms with Gasteiger partial charge in [-0.2, -0.15) is 0 Å². The molecule has 2 heterocycles. The smallest absolute Gasteiger partial charge is 0.254 e. The summed E-state index contributed by atoms with van der Waals surface area (Å²) in [6, 6.07) is 22.6. The Labute approximate surface area is 176 Å². The van der Waals surface area contributed by atoms with Crippen molar-refractivity contribution >= 4 is 33.4 Å². The highest BCUT2D eigenvalue weighted by molar-refractivity contribution is 6.07. The molecule has 4 heteroatoms. The second-order valence-corrected chi connectivity index (χ2v) is 8.07. The van der Waals surface area contributed by atoms with E-state index in [2.05, 4.69) is 55.1 Å². The van der Waals surface area contributed by atoms with Gasteiger partial charge in [0.1, 0.15) is 5.82 Å². The Morgan fingerprint density at radius 1 is 0.800 bits per heavy atom. The fourth-order valence-electron chi connectivity index (χ4n) is 4.43. The fraction of sp³-hybridized carbons (Fsp3) is 0.231. The fourth-order valence-corrected chi connectivity index (χ4v) is 4.43. The van der Waals surface area contributed by atoms with Crippen LogP contribution in [-0.2, 0) is 0 Å². The minimum Gasteiger partial charge on any atom is -0.353 e. The molecular weight excluding hydrogens is 370 g/mol. The standard InChI is InChI=1S/C26H25N3O/c1-18-7-5-11-21-19(2)17-24(27-25(18)21)28-13-15-29(16-14-28)26(30)23-12-6-9-20-8-3-4-10-22(20)23/h3-12,17H,13-16H2,1-2H3. The van der Waals surface area contributed by atoms with Crippen molar-refractivity contribution in [3.63, 3.8) is 0 Å². The molecule has 150 valence electrons. The number of amides is 1. The molecule has 30 heavy (non-hydrogen) atoms. The Kier molecular flexibility index (Phi) is 4.62. The molecule has 0 aliphatic carbocycles. The van der Waals surface area contributed by atoms with Crippen molar-refractivity contribution in [3.05, 3.63) is 83.4 Å². The zero-order chi connectivity index (χ0) is 20.7. The number of fused-ring (bicyclic) bond motifs is 2. The minimum absolute atomic E-state index is 0.116. The average Bonchev–Trinajstić information content (AvgIpc) is 2.79. The number of hydrogen-bond acceptors (Lipinski definition) is 3. The highest BCUT2D eigenvalue weighted by Crippen LogP contribution is 2.26. The van der Waals surface area contributed by atoms with Crippen molar-refractivity contribution in [2.24, 2.45) is 0 Å². The van der Waals surface area contributed by atoms with E-state index in [1.54, 1.807) is 0 Å². The number of hydrogen-bond donors (Lipinski definition) is 0. The van der Waals surface area contributed by atoms with E-state index < -0.39 is 0 Å². The number of rotatable bonds is 2. The summed E-state index contributed by atoms with van der Waals surface area (Å²) in [5.41, 5.74) is 4.30. The number of pyridine rings is 1. The molecule has 0 spiro atoms. The Balaban J connectivity index is 1.37. The molecule has 4 aromatic rings. The normalized spacial score (nSPS) is 14.5. The second-order valence-electron chi connectivity index (χ2n) is 8.07. The van der Waals surface area contributed by atoms with Crippen LogP contribution in [0.25, 0.3) is 21.7 Å². The summed E-state index contributed by atoms with van der Waals surface area (Å²) in [7, 11) is 0. The predicted molar refractivity (Wildman–Crippen MR) is 123 cm³/mol. The van der Waals surface area contributed by atoms with E-state index in [-0.39, 0.29) is 5.91 Å². The van der Waals surface area contributed by atoms with Crippen molar-refractivity contribution in [2.45, 2.75) is 13.8 Å². The molecule has 0 saturated carbocycles. The summed E-state index contributed by atoms with van der Waals surface area (Å²) in [4.78, 5) is 22.4. The molecule has 0 atom stereocenters. The van der Waals surface area contributed by atoms with Crippen LogP contribution in [0.3, 0.4) is 0 Å². The van der Waals surface area contributed by atoms with Gasteiger partial charge in [0, 0.05) is 37.1 Å². The van der Waals surface area contributed by atoms with Crippen molar-refractivity contribution in [1.82, 2.24) is 9.88 Å². The number of carbonyl (C=O) groups excluding carboxylic acids is 1. The number of piperazine rings is 1. The second kappa shape index (κ2) is 7.45. The Bertz CT molecular complexity index is 1250. The largest absolute Gasteiger partial charge is 0.353 e. The third-order valence-electron chi connectivity index (χ3n) is 6.15. The summed E-state index contributed by atoms with van der Waals surface area (Å²) >= 11 is 0. The van der Waals surface area contributed by atoms with Crippen LogP contribution in [0.2, 0.25) is 0 Å². The van der Waals surface area contributed by atoms with Crippen LogP contribution in [0.5, 0.6) is 0 Å². The monoisotopic (exact) mass is 395 g/mol. The van der Waals surface area contributed by atoms with Gasteiger partial charge in [0.05, 0.1) is 5.52 Å². The van der Waals surface area contributed by atoms with Crippen LogP contribution < -0.4 is 4.90 Å². The molecule has 5 rings (SSSR count). The van der Waals surface area contributed by atoms with Crippen molar-refractivity contribution < 1.29 is 4.79 Å². The molecule has 1 saturated heterocycles. The van der Waals surface area contributed by atoms with E-state index in [0.29, 0.717) is 13.1 Å². The average molecular weight is 396 g/mol. The van der Waals surface area contributed by atoms with Crippen LogP contribution in [0, 0.1) is 13.8 Å². The molecule has 0 radical (unpaired) electrons. The number of aromatic nitrogens is 1. The maximum atomic E-state index is 13.2. The molecule has 3 aromatic carbocycles. The lowest BCUT2D eigenvalue weighted by Gasteiger charge is -2.36. The maximum absolute atomic E-state index is 13.2. The first-order valence-electron chi connectivity index (χ1n) is 10.5. The highest BCUT2D eigenvalue weighted by atomic mass is 16.2. The van der Waals surface area contributed by atoms with Gasteiger partial charge >= 0.3 is 0 Å². The van der Waals surface area contributed by atoms with E-state index in [4.69, 9.17) is 4.98 Å². The van der Waals surface area contributed by atoms with Gasteiger partial charge in [-0.3, -0.25) is 4.79 Å². The third kappa shape index (κ3) is 3.18. The van der Waals surface area contributed by atoms with Gasteiger partial charge in [0.15, 0.2) is 0 Å². The van der Waals surface area contributed by atoms with Crippen LogP contribution in [0.4, 0.5) is 5.82 Å². The van der Waals surface area contributed by atoms with Crippen LogP contribution in [-0.4, -0.2) is 42.0 Å². The number of para-hydroxylation sites is 1. The number of anilines is 1. The number of nitrogens with zero attached hydrogens (tertiary/aromatic N) is 3. The van der Waals surface area contributed by atoms with Crippen LogP contribution in [0.1, 0.15) is 21.5 Å². The van der Waals surface area contributed by atoms with Gasteiger partial charge < -0.3 is 9.80 Å². The number of aryl methyl sites for hydroxylation is 2. The van der Waals surface area contributed by atoms with Gasteiger partial charge in [-0.25, -0.2) is 4.98 Å². The molecule has 0 unspecified atom stereocenters. The highest BCUT2D eigenvalue weighted by Gasteiger charge is 2.24. The van der Waals surface area contributed by atoms with E-state index in [9.17, 15) is 4.79 Å². The maximum Gasteiger partial charge on any atom is 0.254 e. The molecule has 1 aliphatic heterocycles. The van der Waals surface area contributed by atoms with Gasteiger partial charge in [0.25, 0.3) is 5.91 Å². The van der Waals surface area contributed by atoms with E-state index in [0.717, 1.165) is 40.8 Å². The van der Waals surface area contributed by atoms with E-state index in [1.165, 1.54) is 16.5 Å². The topological polar surface area (TPSA) is 36.4 Å². The molecule has 0 N–H and O–H groups in total. The van der Waals surface area contributed by atoms with Crippen LogP contribution >= 0.6 is 0 Å². The molecule has 0 bridgehead atoms. The lowest BCUT2D eigenvalue weighted by molar-refractivity contribution is 0.0748. The summed E-state index contributed by atoms with van der Waals surface area (Å²) in [5, 5.41) is 3.34. The first-order valence-corrected chi connectivity index (χ1v) is 10.5. The zero-order valence-corrected chi connectivity index (χ0v) is 17.4. The predicted octanol–water partition coefficient (Wildman–Crippen LogP) is 4.97. The molecule has 1 fully saturated rings. The van der Waals surface area contributed by atoms with Crippen LogP contribution in [0.15, 0.2) is 66.7 Å². The van der Waals surface area contributed by atoms with Gasteiger partial charge in [0.2, 0.25) is 0 Å². The Hall–Kier alpha value is -3.40. The third-order valence-corrected chi connectivity index (χ3v) is 6.15. The molecule has 1 amide bonds. The van der Waals surface area contributed by atoms with Gasteiger partial charge in [-0.1, -0.05) is 54.6 Å². The summed E-state index contributed by atoms with van der Waals surface area (Å²) in [6.45, 7) is 7.25. The van der Waals surface area contributed by atoms with E-state index >= 15 is 0 Å². The SMILES string of the molecule is Cc1cc(N2CCN(C(=O)c3cccc4ccccc34)CC2)nc2c(C)cccc12. The van der Waals surface area contributed by atoms with Crippen molar-refractivity contribution in [1.29, 1.82) is 0 Å². The molecule has 1 aliphatic rings. The number of carbonyl (C=O) groups is 1. The van der Waals surface area contributed by atoms with Gasteiger partial charge in [-0.15, -0.1) is 0 Å². The first kappa shape index (κ1) is 18.6. The van der Waals surface area contributed by atoms with Crippen molar-refractivity contribution in [3.8, 4) is 0 Å². The minimum atomic E-state index is 0.116. The van der Waals surface area contributed by atoms with E-state index in [1.807, 2.05) is 35.2 Å². The summed E-state index contributed by atoms with van der Waals surface area (Å²) < 4.78 is 0. The Morgan fingerprint density at radius 3 is 2.33 bits per heavy atom. The summed E-state index contributed by atoms with van der Waals surface area (Å²) in [5.74, 6) is 1.12. The van der Waals surface area contributed by atoms with Gasteiger partial charge in [-0.05, 0) is 47.9 Å². The molecular formula is C26H25N3O. The lowest BCUT2D eigenvalue weighted by atomic mass is 10.0. The molecule has 4 nitrogen and oxygen atoms in total. The molecule has 1 aromatic heterocycles. The lowest BCUT2D eigenvalue weighted by Crippen LogP contribution is -2.49. The number of benzene rings is 3. The first-order chi connectivity index (χ1) is 14.6. The Morgan fingerprint density at radius 2 is 1.50 bits per heavy atom.